The van der Waals surface area contributed by atoms with Crippen molar-refractivity contribution in [2.45, 2.75) is 11.2 Å². The van der Waals surface area contributed by atoms with E-state index in [0.717, 1.165) is 0 Å². The van der Waals surface area contributed by atoms with E-state index in [1.807, 2.05) is 18.2 Å². The molecule has 13 heavy (non-hydrogen) atoms. The Morgan fingerprint density at radius 1 is 1.38 bits per heavy atom. The van der Waals surface area contributed by atoms with Gasteiger partial charge in [-0.15, -0.1) is 0 Å². The van der Waals surface area contributed by atoms with Crippen molar-refractivity contribution >= 4 is 21.7 Å². The maximum atomic E-state index is 11.6. The summed E-state index contributed by atoms with van der Waals surface area (Å²) < 4.78 is 0. The molecule has 0 radical (unpaired) electrons. The highest BCUT2D eigenvalue weighted by molar-refractivity contribution is 9.10. The molecular formula is C10H11BrO2. The van der Waals surface area contributed by atoms with Crippen LogP contribution >= 0.6 is 15.9 Å². The maximum absolute atomic E-state index is 11.6. The molecule has 0 spiro atoms. The molecule has 1 N–H and O–H groups in total. The molecule has 0 saturated heterocycles. The van der Waals surface area contributed by atoms with Crippen molar-refractivity contribution in [3.8, 4) is 0 Å². The average Bonchev–Trinajstić information content (AvgIpc) is 2.18. The Labute approximate surface area is 85.7 Å². The van der Waals surface area contributed by atoms with E-state index in [2.05, 4.69) is 15.9 Å². The van der Waals surface area contributed by atoms with Gasteiger partial charge in [-0.1, -0.05) is 46.3 Å². The second kappa shape index (κ2) is 5.14. The summed E-state index contributed by atoms with van der Waals surface area (Å²) in [6.45, 7) is 0.0223. The van der Waals surface area contributed by atoms with Crippen molar-refractivity contribution in [1.29, 1.82) is 0 Å². The summed E-state index contributed by atoms with van der Waals surface area (Å²) >= 11 is 3.23. The number of Topliss-reactive ketones (excluding diaryl/α,β-unsaturated/α-hetero) is 1. The highest BCUT2D eigenvalue weighted by atomic mass is 79.9. The molecule has 0 aliphatic rings. The van der Waals surface area contributed by atoms with E-state index in [4.69, 9.17) is 5.11 Å². The lowest BCUT2D eigenvalue weighted by molar-refractivity contribution is 0.0981. The van der Waals surface area contributed by atoms with Crippen LogP contribution in [0.4, 0.5) is 0 Å². The molecule has 1 aromatic rings. The van der Waals surface area contributed by atoms with Crippen molar-refractivity contribution < 1.29 is 9.90 Å². The molecule has 0 amide bonds. The summed E-state index contributed by atoms with van der Waals surface area (Å²) in [5, 5.41) is 8.65. The first-order valence-electron chi connectivity index (χ1n) is 4.10. The van der Waals surface area contributed by atoms with Crippen molar-refractivity contribution in [2.24, 2.45) is 0 Å². The van der Waals surface area contributed by atoms with Gasteiger partial charge in [0, 0.05) is 12.2 Å². The molecule has 2 nitrogen and oxygen atoms in total. The molecule has 3 heteroatoms. The Morgan fingerprint density at radius 3 is 2.54 bits per heavy atom. The minimum absolute atomic E-state index is 0.0223. The molecule has 1 atom stereocenters. The van der Waals surface area contributed by atoms with E-state index in [0.29, 0.717) is 12.0 Å². The molecule has 1 unspecified atom stereocenters. The van der Waals surface area contributed by atoms with Gasteiger partial charge in [0.25, 0.3) is 0 Å². The Hall–Kier alpha value is -0.670. The van der Waals surface area contributed by atoms with Gasteiger partial charge in [0.15, 0.2) is 5.78 Å². The highest BCUT2D eigenvalue weighted by Gasteiger charge is 2.15. The van der Waals surface area contributed by atoms with E-state index in [1.54, 1.807) is 12.1 Å². The predicted octanol–water partition coefficient (Wildman–Crippen LogP) is 2.02. The quantitative estimate of drug-likeness (QED) is 0.648. The predicted molar refractivity (Wildman–Crippen MR) is 55.2 cm³/mol. The second-order valence-electron chi connectivity index (χ2n) is 2.71. The number of alkyl halides is 1. The zero-order chi connectivity index (χ0) is 9.68. The first-order valence-corrected chi connectivity index (χ1v) is 5.01. The number of carbonyl (C=O) groups is 1. The van der Waals surface area contributed by atoms with Gasteiger partial charge in [-0.2, -0.15) is 0 Å². The number of benzene rings is 1. The van der Waals surface area contributed by atoms with Crippen LogP contribution in [0.25, 0.3) is 0 Å². The first-order chi connectivity index (χ1) is 6.25. The molecule has 70 valence electrons. The fraction of sp³-hybridized carbons (Fsp3) is 0.300. The molecule has 0 aromatic heterocycles. The lowest BCUT2D eigenvalue weighted by atomic mass is 10.1. The van der Waals surface area contributed by atoms with Gasteiger partial charge in [0.2, 0.25) is 0 Å². The van der Waals surface area contributed by atoms with Gasteiger partial charge < -0.3 is 5.11 Å². The standard InChI is InChI=1S/C10H11BrO2/c11-9(6-7-12)10(13)8-4-2-1-3-5-8/h1-5,9,12H,6-7H2. The van der Waals surface area contributed by atoms with Crippen LogP contribution in [0.3, 0.4) is 0 Å². The van der Waals surface area contributed by atoms with Gasteiger partial charge in [-0.3, -0.25) is 4.79 Å². The zero-order valence-corrected chi connectivity index (χ0v) is 8.70. The summed E-state index contributed by atoms with van der Waals surface area (Å²) in [5.41, 5.74) is 0.679. The van der Waals surface area contributed by atoms with Crippen LogP contribution in [0.2, 0.25) is 0 Å². The first kappa shape index (κ1) is 10.4. The molecule has 0 fully saturated rings. The van der Waals surface area contributed by atoms with Gasteiger partial charge >= 0.3 is 0 Å². The van der Waals surface area contributed by atoms with Crippen LogP contribution in [-0.4, -0.2) is 22.3 Å². The fourth-order valence-electron chi connectivity index (χ4n) is 1.03. The van der Waals surface area contributed by atoms with Gasteiger partial charge in [0.1, 0.15) is 0 Å². The van der Waals surface area contributed by atoms with Crippen molar-refractivity contribution in [3.05, 3.63) is 35.9 Å². The molecule has 0 aliphatic carbocycles. The minimum Gasteiger partial charge on any atom is -0.396 e. The fourth-order valence-corrected chi connectivity index (χ4v) is 1.50. The summed E-state index contributed by atoms with van der Waals surface area (Å²) in [6.07, 6.45) is 0.452. The van der Waals surface area contributed by atoms with Crippen LogP contribution in [0.1, 0.15) is 16.8 Å². The number of rotatable bonds is 4. The number of aliphatic hydroxyl groups is 1. The number of halogens is 1. The smallest absolute Gasteiger partial charge is 0.176 e. The van der Waals surface area contributed by atoms with Crippen LogP contribution in [0, 0.1) is 0 Å². The van der Waals surface area contributed by atoms with Crippen LogP contribution in [0.15, 0.2) is 30.3 Å². The number of aliphatic hydroxyl groups excluding tert-OH is 1. The van der Waals surface area contributed by atoms with Crippen molar-refractivity contribution in [2.75, 3.05) is 6.61 Å². The highest BCUT2D eigenvalue weighted by Crippen LogP contribution is 2.12. The topological polar surface area (TPSA) is 37.3 Å². The third kappa shape index (κ3) is 2.94. The van der Waals surface area contributed by atoms with Crippen LogP contribution in [0.5, 0.6) is 0 Å². The lowest BCUT2D eigenvalue weighted by Crippen LogP contribution is -2.15. The summed E-state index contributed by atoms with van der Waals surface area (Å²) in [6, 6.07) is 9.06. The van der Waals surface area contributed by atoms with E-state index >= 15 is 0 Å². The number of hydrogen-bond acceptors (Lipinski definition) is 2. The minimum atomic E-state index is -0.278. The third-order valence-corrected chi connectivity index (χ3v) is 2.60. The molecular weight excluding hydrogens is 232 g/mol. The number of hydrogen-bond donors (Lipinski definition) is 1. The molecule has 0 bridgehead atoms. The van der Waals surface area contributed by atoms with Crippen molar-refractivity contribution in [1.82, 2.24) is 0 Å². The van der Waals surface area contributed by atoms with E-state index in [-0.39, 0.29) is 17.2 Å². The largest absolute Gasteiger partial charge is 0.396 e. The monoisotopic (exact) mass is 242 g/mol. The summed E-state index contributed by atoms with van der Waals surface area (Å²) in [5.74, 6) is 0.0228. The molecule has 1 aromatic carbocycles. The Kier molecular flexibility index (Phi) is 4.12. The molecule has 1 rings (SSSR count). The Morgan fingerprint density at radius 2 is 2.00 bits per heavy atom. The third-order valence-electron chi connectivity index (χ3n) is 1.73. The lowest BCUT2D eigenvalue weighted by Gasteiger charge is -2.05. The van der Waals surface area contributed by atoms with E-state index in [1.165, 1.54) is 0 Å². The average molecular weight is 243 g/mol. The summed E-state index contributed by atoms with van der Waals surface area (Å²) in [4.78, 5) is 11.3. The zero-order valence-electron chi connectivity index (χ0n) is 7.11. The Balaban J connectivity index is 2.68. The number of carbonyl (C=O) groups excluding carboxylic acids is 1. The van der Waals surface area contributed by atoms with Crippen LogP contribution in [-0.2, 0) is 0 Å². The molecule has 0 heterocycles. The van der Waals surface area contributed by atoms with Gasteiger partial charge in [-0.05, 0) is 6.42 Å². The van der Waals surface area contributed by atoms with Crippen molar-refractivity contribution in [3.63, 3.8) is 0 Å². The van der Waals surface area contributed by atoms with E-state index in [9.17, 15) is 4.79 Å². The maximum Gasteiger partial charge on any atom is 0.176 e. The molecule has 0 aliphatic heterocycles. The van der Waals surface area contributed by atoms with E-state index < -0.39 is 0 Å². The Bertz CT molecular complexity index is 272. The molecule has 0 saturated carbocycles. The van der Waals surface area contributed by atoms with Gasteiger partial charge in [-0.25, -0.2) is 0 Å². The second-order valence-corrected chi connectivity index (χ2v) is 3.82. The summed E-state index contributed by atoms with van der Waals surface area (Å²) in [7, 11) is 0. The van der Waals surface area contributed by atoms with Crippen LogP contribution < -0.4 is 0 Å². The number of ketones is 1. The SMILES string of the molecule is O=C(c1ccccc1)C(Br)CCO. The van der Waals surface area contributed by atoms with Gasteiger partial charge in [0.05, 0.1) is 4.83 Å². The normalized spacial score (nSPS) is 12.5.